The van der Waals surface area contributed by atoms with Crippen LogP contribution in [-0.4, -0.2) is 70.1 Å². The fraction of sp³-hybridized carbons (Fsp3) is 0.667. The summed E-state index contributed by atoms with van der Waals surface area (Å²) in [5.74, 6) is -0.162. The van der Waals surface area contributed by atoms with Crippen molar-refractivity contribution in [1.29, 1.82) is 0 Å². The van der Waals surface area contributed by atoms with Gasteiger partial charge in [-0.1, -0.05) is 50.5 Å². The van der Waals surface area contributed by atoms with Crippen molar-refractivity contribution < 1.29 is 20.1 Å². The minimum Gasteiger partial charge on any atom is -0.395 e. The molecule has 4 N–H and O–H groups in total. The molecule has 150 valence electrons. The van der Waals surface area contributed by atoms with Crippen molar-refractivity contribution >= 4 is 5.91 Å². The highest BCUT2D eigenvalue weighted by atomic mass is 16.3. The molecule has 1 fully saturated rings. The molecule has 1 unspecified atom stereocenters. The minimum absolute atomic E-state index is 0.0335. The number of likely N-dealkylation sites (tertiary alicyclic amines) is 1. The van der Waals surface area contributed by atoms with E-state index in [0.29, 0.717) is 6.54 Å². The van der Waals surface area contributed by atoms with Gasteiger partial charge in [-0.2, -0.15) is 0 Å². The predicted molar refractivity (Wildman–Crippen MR) is 103 cm³/mol. The Kier molecular flexibility index (Phi) is 6.87. The van der Waals surface area contributed by atoms with Gasteiger partial charge in [-0.25, -0.2) is 0 Å². The smallest absolute Gasteiger partial charge is 0.227 e. The van der Waals surface area contributed by atoms with Gasteiger partial charge in [0.1, 0.15) is 0 Å². The third-order valence-corrected chi connectivity index (χ3v) is 6.10. The first kappa shape index (κ1) is 20.3. The molecule has 1 amide bonds. The van der Waals surface area contributed by atoms with Crippen molar-refractivity contribution in [2.75, 3.05) is 19.7 Å². The highest BCUT2D eigenvalue weighted by Gasteiger charge is 2.47. The van der Waals surface area contributed by atoms with Crippen molar-refractivity contribution in [3.05, 3.63) is 35.4 Å². The maximum Gasteiger partial charge on any atom is 0.227 e. The lowest BCUT2D eigenvalue weighted by atomic mass is 9.77. The molecular formula is C21H32N2O4. The molecule has 0 spiro atoms. The Morgan fingerprint density at radius 3 is 2.59 bits per heavy atom. The maximum absolute atomic E-state index is 12.6. The van der Waals surface area contributed by atoms with Gasteiger partial charge < -0.3 is 20.6 Å². The Bertz CT molecular complexity index is 638. The number of fused-ring (bicyclic) bond motifs is 1. The van der Waals surface area contributed by atoms with E-state index >= 15 is 0 Å². The fourth-order valence-electron chi connectivity index (χ4n) is 4.42. The van der Waals surface area contributed by atoms with Crippen molar-refractivity contribution in [1.82, 2.24) is 10.2 Å². The second kappa shape index (κ2) is 9.15. The average molecular weight is 376 g/mol. The van der Waals surface area contributed by atoms with Gasteiger partial charge in [0, 0.05) is 6.54 Å². The first-order valence-electron chi connectivity index (χ1n) is 10.2. The number of carbonyl (C=O) groups is 1. The largest absolute Gasteiger partial charge is 0.395 e. The number of aliphatic hydroxyl groups is 3. The minimum atomic E-state index is -0.993. The summed E-state index contributed by atoms with van der Waals surface area (Å²) >= 11 is 0. The SMILES string of the molecule is CCCCCCN1[C@H](CO)[C@@H](O)[C@H](O)[C@H]1CNC(=O)C1Cc2ccccc21. The molecule has 1 heterocycles. The van der Waals surface area contributed by atoms with E-state index in [0.717, 1.165) is 37.7 Å². The number of hydrogen-bond donors (Lipinski definition) is 4. The molecule has 6 heteroatoms. The number of nitrogens with zero attached hydrogens (tertiary/aromatic N) is 1. The summed E-state index contributed by atoms with van der Waals surface area (Å²) < 4.78 is 0. The van der Waals surface area contributed by atoms with E-state index in [4.69, 9.17) is 0 Å². The standard InChI is InChI=1S/C21H32N2O4/c1-2-3-4-7-10-23-17(19(25)20(26)18(23)13-24)12-22-21(27)16-11-14-8-5-6-9-15(14)16/h5-6,8-9,16-20,24-26H,2-4,7,10-13H2,1H3,(H,22,27)/t16?,17-,18-,19-,20-/m1/s1. The summed E-state index contributed by atoms with van der Waals surface area (Å²) in [5.41, 5.74) is 2.29. The second-order valence-electron chi connectivity index (χ2n) is 7.80. The van der Waals surface area contributed by atoms with Crippen LogP contribution in [0.1, 0.15) is 49.7 Å². The molecule has 3 rings (SSSR count). The highest BCUT2D eigenvalue weighted by molar-refractivity contribution is 5.86. The Hall–Kier alpha value is -1.47. The van der Waals surface area contributed by atoms with E-state index in [1.54, 1.807) is 0 Å². The summed E-state index contributed by atoms with van der Waals surface area (Å²) in [7, 11) is 0. The van der Waals surface area contributed by atoms with Crippen LogP contribution in [0.2, 0.25) is 0 Å². The van der Waals surface area contributed by atoms with E-state index < -0.39 is 18.2 Å². The van der Waals surface area contributed by atoms with E-state index in [1.165, 1.54) is 5.56 Å². The summed E-state index contributed by atoms with van der Waals surface area (Å²) in [6, 6.07) is 7.10. The lowest BCUT2D eigenvalue weighted by Crippen LogP contribution is -2.49. The molecule has 1 aromatic rings. The van der Waals surface area contributed by atoms with Gasteiger partial charge in [-0.05, 0) is 30.5 Å². The monoisotopic (exact) mass is 376 g/mol. The summed E-state index contributed by atoms with van der Waals surface area (Å²) in [5, 5.41) is 33.4. The van der Waals surface area contributed by atoms with Gasteiger partial charge in [0.2, 0.25) is 5.91 Å². The third-order valence-electron chi connectivity index (χ3n) is 6.10. The van der Waals surface area contributed by atoms with Crippen LogP contribution in [0.15, 0.2) is 24.3 Å². The van der Waals surface area contributed by atoms with Crippen LogP contribution < -0.4 is 5.32 Å². The highest BCUT2D eigenvalue weighted by Crippen LogP contribution is 2.35. The van der Waals surface area contributed by atoms with Crippen LogP contribution >= 0.6 is 0 Å². The van der Waals surface area contributed by atoms with Gasteiger partial charge in [0.15, 0.2) is 0 Å². The van der Waals surface area contributed by atoms with Gasteiger partial charge in [0.25, 0.3) is 0 Å². The third kappa shape index (κ3) is 4.19. The normalized spacial score (nSPS) is 30.0. The van der Waals surface area contributed by atoms with Crippen LogP contribution in [0.4, 0.5) is 0 Å². The zero-order valence-corrected chi connectivity index (χ0v) is 16.1. The van der Waals surface area contributed by atoms with Crippen LogP contribution in [-0.2, 0) is 11.2 Å². The molecule has 1 aromatic carbocycles. The van der Waals surface area contributed by atoms with Crippen molar-refractivity contribution in [2.45, 2.75) is 69.2 Å². The van der Waals surface area contributed by atoms with Crippen LogP contribution in [0.5, 0.6) is 0 Å². The molecule has 1 aliphatic carbocycles. The van der Waals surface area contributed by atoms with E-state index in [2.05, 4.69) is 12.2 Å². The number of rotatable bonds is 9. The van der Waals surface area contributed by atoms with Gasteiger partial charge in [-0.15, -0.1) is 0 Å². The Balaban J connectivity index is 1.58. The van der Waals surface area contributed by atoms with E-state index in [1.807, 2.05) is 29.2 Å². The molecule has 6 nitrogen and oxygen atoms in total. The van der Waals surface area contributed by atoms with Crippen LogP contribution in [0.25, 0.3) is 0 Å². The number of nitrogens with one attached hydrogen (secondary N) is 1. The Morgan fingerprint density at radius 1 is 1.15 bits per heavy atom. The van der Waals surface area contributed by atoms with E-state index in [9.17, 15) is 20.1 Å². The zero-order valence-electron chi connectivity index (χ0n) is 16.1. The van der Waals surface area contributed by atoms with Gasteiger partial charge >= 0.3 is 0 Å². The predicted octanol–water partition coefficient (Wildman–Crippen LogP) is 0.790. The molecule has 0 radical (unpaired) electrons. The fourth-order valence-corrected chi connectivity index (χ4v) is 4.42. The average Bonchev–Trinajstić information content (AvgIpc) is 2.88. The lowest BCUT2D eigenvalue weighted by Gasteiger charge is -2.32. The van der Waals surface area contributed by atoms with Crippen molar-refractivity contribution in [3.8, 4) is 0 Å². The molecule has 0 aromatic heterocycles. The first-order chi connectivity index (χ1) is 13.1. The van der Waals surface area contributed by atoms with Crippen molar-refractivity contribution in [3.63, 3.8) is 0 Å². The Labute approximate surface area is 161 Å². The van der Waals surface area contributed by atoms with Gasteiger partial charge in [-0.3, -0.25) is 9.69 Å². The van der Waals surface area contributed by atoms with Crippen LogP contribution in [0.3, 0.4) is 0 Å². The summed E-state index contributed by atoms with van der Waals surface area (Å²) in [4.78, 5) is 14.5. The molecule has 2 aliphatic rings. The molecule has 5 atom stereocenters. The number of carbonyl (C=O) groups excluding carboxylic acids is 1. The topological polar surface area (TPSA) is 93.0 Å². The first-order valence-corrected chi connectivity index (χ1v) is 10.2. The quantitative estimate of drug-likeness (QED) is 0.478. The number of hydrogen-bond acceptors (Lipinski definition) is 5. The number of unbranched alkanes of at least 4 members (excludes halogenated alkanes) is 3. The Morgan fingerprint density at radius 2 is 1.89 bits per heavy atom. The lowest BCUT2D eigenvalue weighted by molar-refractivity contribution is -0.123. The van der Waals surface area contributed by atoms with Crippen molar-refractivity contribution in [2.24, 2.45) is 0 Å². The second-order valence-corrected chi connectivity index (χ2v) is 7.80. The summed E-state index contributed by atoms with van der Waals surface area (Å²) in [6.07, 6.45) is 3.09. The maximum atomic E-state index is 12.6. The zero-order chi connectivity index (χ0) is 19.4. The number of aliphatic hydroxyl groups excluding tert-OH is 3. The molecule has 0 bridgehead atoms. The molecule has 1 aliphatic heterocycles. The van der Waals surface area contributed by atoms with Gasteiger partial charge in [0.05, 0.1) is 36.8 Å². The molecular weight excluding hydrogens is 344 g/mol. The number of benzene rings is 1. The van der Waals surface area contributed by atoms with E-state index in [-0.39, 0.29) is 31.0 Å². The molecule has 27 heavy (non-hydrogen) atoms. The molecule has 1 saturated heterocycles. The number of amides is 1. The van der Waals surface area contributed by atoms with Crippen LogP contribution in [0, 0.1) is 0 Å². The molecule has 0 saturated carbocycles. The summed E-state index contributed by atoms with van der Waals surface area (Å²) in [6.45, 7) is 2.93.